The van der Waals surface area contributed by atoms with Gasteiger partial charge in [-0.2, -0.15) is 5.10 Å². The minimum atomic E-state index is -0.0379. The summed E-state index contributed by atoms with van der Waals surface area (Å²) in [6.45, 7) is 9.10. The average molecular weight is 395 g/mol. The highest BCUT2D eigenvalue weighted by atomic mass is 16.5. The maximum atomic E-state index is 12.4. The predicted octanol–water partition coefficient (Wildman–Crippen LogP) is 4.65. The first-order valence-electron chi connectivity index (χ1n) is 10.1. The largest absolute Gasteiger partial charge is 0.493 e. The molecule has 0 aromatic heterocycles. The van der Waals surface area contributed by atoms with Crippen molar-refractivity contribution in [3.05, 3.63) is 59.2 Å². The van der Waals surface area contributed by atoms with Crippen LogP contribution in [-0.2, 0) is 10.2 Å². The highest BCUT2D eigenvalue weighted by Gasteiger charge is 2.44. The molecule has 5 heteroatoms. The van der Waals surface area contributed by atoms with E-state index < -0.39 is 0 Å². The van der Waals surface area contributed by atoms with Crippen molar-refractivity contribution in [2.45, 2.75) is 45.4 Å². The number of benzene rings is 2. The molecule has 0 spiro atoms. The van der Waals surface area contributed by atoms with Gasteiger partial charge in [0.2, 0.25) is 5.91 Å². The van der Waals surface area contributed by atoms with E-state index in [1.54, 1.807) is 13.3 Å². The minimum Gasteiger partial charge on any atom is -0.493 e. The van der Waals surface area contributed by atoms with Crippen LogP contribution in [0.5, 0.6) is 11.5 Å². The molecule has 2 aromatic rings. The topological polar surface area (TPSA) is 59.9 Å². The zero-order valence-corrected chi connectivity index (χ0v) is 17.9. The molecule has 1 aliphatic rings. The van der Waals surface area contributed by atoms with E-state index in [0.29, 0.717) is 18.1 Å². The van der Waals surface area contributed by atoms with E-state index in [9.17, 15) is 4.79 Å². The summed E-state index contributed by atoms with van der Waals surface area (Å²) >= 11 is 0. The molecular formula is C24H30N2O3. The van der Waals surface area contributed by atoms with Crippen LogP contribution in [0.3, 0.4) is 0 Å². The number of rotatable bonds is 7. The number of hydrazone groups is 1. The molecule has 2 aromatic carbocycles. The summed E-state index contributed by atoms with van der Waals surface area (Å²) in [5, 5.41) is 4.11. The van der Waals surface area contributed by atoms with Crippen LogP contribution in [0.25, 0.3) is 0 Å². The van der Waals surface area contributed by atoms with Crippen molar-refractivity contribution < 1.29 is 14.3 Å². The number of carbonyl (C=O) groups excluding carboxylic acids is 1. The van der Waals surface area contributed by atoms with Crippen LogP contribution in [0, 0.1) is 5.92 Å². The first-order valence-corrected chi connectivity index (χ1v) is 10.1. The number of methoxy groups -OCH3 is 1. The van der Waals surface area contributed by atoms with Gasteiger partial charge in [0.25, 0.3) is 0 Å². The molecule has 2 atom stereocenters. The molecular weight excluding hydrogens is 364 g/mol. The van der Waals surface area contributed by atoms with Gasteiger partial charge in [-0.05, 0) is 59.6 Å². The van der Waals surface area contributed by atoms with Gasteiger partial charge in [-0.25, -0.2) is 5.43 Å². The number of ether oxygens (including phenoxy) is 2. The molecule has 0 heterocycles. The Labute approximate surface area is 173 Å². The zero-order valence-electron chi connectivity index (χ0n) is 17.9. The fourth-order valence-corrected chi connectivity index (χ4v) is 3.38. The molecule has 1 N–H and O–H groups in total. The van der Waals surface area contributed by atoms with E-state index in [0.717, 1.165) is 12.0 Å². The van der Waals surface area contributed by atoms with Gasteiger partial charge in [0, 0.05) is 5.92 Å². The monoisotopic (exact) mass is 394 g/mol. The van der Waals surface area contributed by atoms with Crippen molar-refractivity contribution in [2.75, 3.05) is 13.7 Å². The summed E-state index contributed by atoms with van der Waals surface area (Å²) in [5.41, 5.74) is 6.15. The molecule has 1 fully saturated rings. The highest BCUT2D eigenvalue weighted by Crippen LogP contribution is 2.47. The van der Waals surface area contributed by atoms with Crippen LogP contribution in [0.1, 0.15) is 56.7 Å². The third kappa shape index (κ3) is 5.17. The number of carbonyl (C=O) groups is 1. The first kappa shape index (κ1) is 20.9. The summed E-state index contributed by atoms with van der Waals surface area (Å²) in [6.07, 6.45) is 2.48. The fourth-order valence-electron chi connectivity index (χ4n) is 3.38. The Morgan fingerprint density at radius 3 is 2.52 bits per heavy atom. The van der Waals surface area contributed by atoms with Crippen LogP contribution in [0.4, 0.5) is 0 Å². The number of hydrogen-bond donors (Lipinski definition) is 1. The van der Waals surface area contributed by atoms with Gasteiger partial charge in [-0.3, -0.25) is 4.79 Å². The summed E-state index contributed by atoms with van der Waals surface area (Å²) in [6, 6.07) is 14.2. The Kier molecular flexibility index (Phi) is 6.26. The molecule has 0 bridgehead atoms. The van der Waals surface area contributed by atoms with Crippen LogP contribution >= 0.6 is 0 Å². The number of amides is 1. The van der Waals surface area contributed by atoms with E-state index in [1.807, 2.05) is 25.1 Å². The second kappa shape index (κ2) is 8.68. The Hall–Kier alpha value is -2.82. The van der Waals surface area contributed by atoms with E-state index in [1.165, 1.54) is 11.1 Å². The van der Waals surface area contributed by atoms with Gasteiger partial charge in [0.15, 0.2) is 11.5 Å². The second-order valence-electron chi connectivity index (χ2n) is 8.40. The Bertz CT molecular complexity index is 882. The molecule has 5 nitrogen and oxygen atoms in total. The summed E-state index contributed by atoms with van der Waals surface area (Å²) < 4.78 is 10.8. The van der Waals surface area contributed by atoms with E-state index in [2.05, 4.69) is 55.6 Å². The standard InChI is InChI=1S/C24H30N2O3/c1-6-29-21-12-7-16(13-22(21)28-5)15-25-26-23(27)20-14-19(20)17-8-10-18(11-9-17)24(2,3)4/h7-13,15,19-20H,6,14H2,1-5H3,(H,26,27)/b25-15-/t19-,20-/m1/s1. The van der Waals surface area contributed by atoms with Crippen LogP contribution in [-0.4, -0.2) is 25.8 Å². The van der Waals surface area contributed by atoms with Gasteiger partial charge >= 0.3 is 0 Å². The summed E-state index contributed by atoms with van der Waals surface area (Å²) in [5.74, 6) is 1.56. The van der Waals surface area contributed by atoms with E-state index in [-0.39, 0.29) is 23.2 Å². The molecule has 0 radical (unpaired) electrons. The predicted molar refractivity (Wildman–Crippen MR) is 116 cm³/mol. The molecule has 1 amide bonds. The normalized spacial score (nSPS) is 18.5. The Balaban J connectivity index is 1.55. The molecule has 0 saturated heterocycles. The molecule has 1 aliphatic carbocycles. The molecule has 0 unspecified atom stereocenters. The number of nitrogens with zero attached hydrogens (tertiary/aromatic N) is 1. The lowest BCUT2D eigenvalue weighted by Gasteiger charge is -2.19. The van der Waals surface area contributed by atoms with Crippen molar-refractivity contribution in [1.82, 2.24) is 5.43 Å². The third-order valence-electron chi connectivity index (χ3n) is 5.21. The lowest BCUT2D eigenvalue weighted by molar-refractivity contribution is -0.122. The van der Waals surface area contributed by atoms with Crippen molar-refractivity contribution >= 4 is 12.1 Å². The molecule has 0 aliphatic heterocycles. The zero-order chi connectivity index (χ0) is 21.0. The Morgan fingerprint density at radius 2 is 1.90 bits per heavy atom. The third-order valence-corrected chi connectivity index (χ3v) is 5.21. The quantitative estimate of drug-likeness (QED) is 0.549. The van der Waals surface area contributed by atoms with E-state index >= 15 is 0 Å². The van der Waals surface area contributed by atoms with Gasteiger partial charge in [0.05, 0.1) is 19.9 Å². The van der Waals surface area contributed by atoms with Crippen LogP contribution in [0.2, 0.25) is 0 Å². The fraction of sp³-hybridized carbons (Fsp3) is 0.417. The smallest absolute Gasteiger partial charge is 0.243 e. The lowest BCUT2D eigenvalue weighted by atomic mass is 9.86. The highest BCUT2D eigenvalue weighted by molar-refractivity contribution is 5.86. The summed E-state index contributed by atoms with van der Waals surface area (Å²) in [4.78, 5) is 12.4. The van der Waals surface area contributed by atoms with Crippen molar-refractivity contribution in [3.63, 3.8) is 0 Å². The van der Waals surface area contributed by atoms with Crippen LogP contribution in [0.15, 0.2) is 47.6 Å². The number of hydrogen-bond acceptors (Lipinski definition) is 4. The lowest BCUT2D eigenvalue weighted by Crippen LogP contribution is -2.20. The van der Waals surface area contributed by atoms with E-state index in [4.69, 9.17) is 9.47 Å². The number of nitrogens with one attached hydrogen (secondary N) is 1. The molecule has 1 saturated carbocycles. The van der Waals surface area contributed by atoms with Crippen molar-refractivity contribution in [3.8, 4) is 11.5 Å². The maximum absolute atomic E-state index is 12.4. The summed E-state index contributed by atoms with van der Waals surface area (Å²) in [7, 11) is 1.60. The molecule has 3 rings (SSSR count). The average Bonchev–Trinajstić information content (AvgIpc) is 3.49. The maximum Gasteiger partial charge on any atom is 0.243 e. The Morgan fingerprint density at radius 1 is 1.17 bits per heavy atom. The van der Waals surface area contributed by atoms with Gasteiger partial charge in [0.1, 0.15) is 0 Å². The van der Waals surface area contributed by atoms with Crippen molar-refractivity contribution in [2.24, 2.45) is 11.0 Å². The second-order valence-corrected chi connectivity index (χ2v) is 8.40. The van der Waals surface area contributed by atoms with Gasteiger partial charge < -0.3 is 9.47 Å². The van der Waals surface area contributed by atoms with Crippen molar-refractivity contribution in [1.29, 1.82) is 0 Å². The molecule has 29 heavy (non-hydrogen) atoms. The van der Waals surface area contributed by atoms with Gasteiger partial charge in [-0.15, -0.1) is 0 Å². The first-order chi connectivity index (χ1) is 13.8. The van der Waals surface area contributed by atoms with Gasteiger partial charge in [-0.1, -0.05) is 45.0 Å². The van der Waals surface area contributed by atoms with Crippen LogP contribution < -0.4 is 14.9 Å². The SMILES string of the molecule is CCOc1ccc(/C=N\NC(=O)[C@@H]2C[C@@H]2c2ccc(C(C)(C)C)cc2)cc1OC. The minimum absolute atomic E-state index is 0.0116. The molecule has 154 valence electrons.